The Morgan fingerprint density at radius 1 is 0.938 bits per heavy atom. The van der Waals surface area contributed by atoms with E-state index in [1.807, 2.05) is 29.2 Å². The van der Waals surface area contributed by atoms with Gasteiger partial charge in [-0.15, -0.1) is 0 Å². The van der Waals surface area contributed by atoms with E-state index in [2.05, 4.69) is 4.90 Å². The summed E-state index contributed by atoms with van der Waals surface area (Å²) in [7, 11) is 3.33. The van der Waals surface area contributed by atoms with Crippen LogP contribution in [-0.4, -0.2) is 78.3 Å². The molecule has 1 saturated heterocycles. The number of hydrogen-bond donors (Lipinski definition) is 2. The van der Waals surface area contributed by atoms with E-state index in [0.717, 1.165) is 36.7 Å². The van der Waals surface area contributed by atoms with Crippen molar-refractivity contribution in [1.82, 2.24) is 9.80 Å². The molecule has 2 N–H and O–H groups in total. The van der Waals surface area contributed by atoms with Gasteiger partial charge in [-0.25, -0.2) is 9.59 Å². The van der Waals surface area contributed by atoms with Crippen LogP contribution in [0.4, 0.5) is 0 Å². The van der Waals surface area contributed by atoms with Crippen LogP contribution in [0.5, 0.6) is 11.5 Å². The molecule has 2 aromatic carbocycles. The van der Waals surface area contributed by atoms with E-state index in [-0.39, 0.29) is 5.91 Å². The van der Waals surface area contributed by atoms with Crippen molar-refractivity contribution in [2.45, 2.75) is 6.54 Å². The fourth-order valence-corrected chi connectivity index (χ4v) is 3.35. The average molecular weight is 465 g/mol. The van der Waals surface area contributed by atoms with E-state index in [0.29, 0.717) is 23.7 Å². The molecule has 0 radical (unpaired) electrons. The molecular formula is C22H25ClN2O7. The van der Waals surface area contributed by atoms with Gasteiger partial charge in [0, 0.05) is 48.9 Å². The van der Waals surface area contributed by atoms with Crippen molar-refractivity contribution in [1.29, 1.82) is 0 Å². The molecule has 0 saturated carbocycles. The quantitative estimate of drug-likeness (QED) is 0.648. The van der Waals surface area contributed by atoms with Gasteiger partial charge in [0.25, 0.3) is 5.91 Å². The van der Waals surface area contributed by atoms with Gasteiger partial charge in [0.2, 0.25) is 0 Å². The minimum Gasteiger partial charge on any atom is -0.497 e. The van der Waals surface area contributed by atoms with Gasteiger partial charge < -0.3 is 24.6 Å². The lowest BCUT2D eigenvalue weighted by molar-refractivity contribution is -0.159. The zero-order chi connectivity index (χ0) is 23.7. The molecule has 172 valence electrons. The first-order chi connectivity index (χ1) is 15.2. The Balaban J connectivity index is 0.000000534. The Kier molecular flexibility index (Phi) is 9.30. The van der Waals surface area contributed by atoms with E-state index >= 15 is 0 Å². The predicted octanol–water partition coefficient (Wildman–Crippen LogP) is 2.47. The third kappa shape index (κ3) is 7.14. The second-order valence-corrected chi connectivity index (χ2v) is 7.30. The molecule has 1 amide bonds. The summed E-state index contributed by atoms with van der Waals surface area (Å²) >= 11 is 5.99. The van der Waals surface area contributed by atoms with Crippen LogP contribution in [0, 0.1) is 0 Å². The van der Waals surface area contributed by atoms with Crippen LogP contribution in [0.2, 0.25) is 5.02 Å². The number of nitrogens with zero attached hydrogens (tertiary/aromatic N) is 2. The number of carboxylic acids is 2. The highest BCUT2D eigenvalue weighted by Crippen LogP contribution is 2.25. The summed E-state index contributed by atoms with van der Waals surface area (Å²) in [6, 6.07) is 12.9. The first kappa shape index (κ1) is 25.0. The number of ether oxygens (including phenoxy) is 2. The number of carbonyl (C=O) groups excluding carboxylic acids is 1. The molecule has 0 aliphatic carbocycles. The van der Waals surface area contributed by atoms with Crippen molar-refractivity contribution in [2.75, 3.05) is 40.4 Å². The number of carboxylic acid groups (broad SMARTS) is 2. The van der Waals surface area contributed by atoms with E-state index in [1.54, 1.807) is 32.4 Å². The minimum atomic E-state index is -1.82. The SMILES string of the molecule is COc1ccc(OC)c(CN2CCN(C(=O)c3cccc(Cl)c3)CC2)c1.O=C(O)C(=O)O. The van der Waals surface area contributed by atoms with Crippen LogP contribution in [0.25, 0.3) is 0 Å². The maximum atomic E-state index is 12.6. The summed E-state index contributed by atoms with van der Waals surface area (Å²) in [6.07, 6.45) is 0. The number of carbonyl (C=O) groups is 3. The summed E-state index contributed by atoms with van der Waals surface area (Å²) < 4.78 is 10.8. The molecule has 1 aliphatic heterocycles. The van der Waals surface area contributed by atoms with Gasteiger partial charge in [-0.3, -0.25) is 9.69 Å². The number of rotatable bonds is 5. The highest BCUT2D eigenvalue weighted by atomic mass is 35.5. The summed E-state index contributed by atoms with van der Waals surface area (Å²) in [4.78, 5) is 35.0. The first-order valence-electron chi connectivity index (χ1n) is 9.69. The van der Waals surface area contributed by atoms with Crippen molar-refractivity contribution in [3.8, 4) is 11.5 Å². The zero-order valence-corrected chi connectivity index (χ0v) is 18.5. The molecule has 9 nitrogen and oxygen atoms in total. The lowest BCUT2D eigenvalue weighted by Crippen LogP contribution is -2.48. The fraction of sp³-hybridized carbons (Fsp3) is 0.318. The molecule has 0 spiro atoms. The molecule has 2 aromatic rings. The predicted molar refractivity (Wildman–Crippen MR) is 117 cm³/mol. The van der Waals surface area contributed by atoms with Crippen LogP contribution in [-0.2, 0) is 16.1 Å². The third-order valence-electron chi connectivity index (χ3n) is 4.80. The molecule has 32 heavy (non-hydrogen) atoms. The van der Waals surface area contributed by atoms with Crippen molar-refractivity contribution >= 4 is 29.4 Å². The lowest BCUT2D eigenvalue weighted by Gasteiger charge is -2.35. The number of hydrogen-bond acceptors (Lipinski definition) is 6. The third-order valence-corrected chi connectivity index (χ3v) is 5.03. The van der Waals surface area contributed by atoms with E-state index < -0.39 is 11.9 Å². The van der Waals surface area contributed by atoms with Gasteiger partial charge in [-0.05, 0) is 36.4 Å². The van der Waals surface area contributed by atoms with Crippen LogP contribution < -0.4 is 9.47 Å². The maximum absolute atomic E-state index is 12.6. The fourth-order valence-electron chi connectivity index (χ4n) is 3.16. The Hall–Kier alpha value is -3.30. The number of halogens is 1. The van der Waals surface area contributed by atoms with Gasteiger partial charge in [-0.1, -0.05) is 17.7 Å². The number of amides is 1. The molecule has 1 aliphatic rings. The first-order valence-corrected chi connectivity index (χ1v) is 10.1. The number of aliphatic carboxylic acids is 2. The largest absolute Gasteiger partial charge is 0.497 e. The molecule has 3 rings (SSSR count). The Labute approximate surface area is 190 Å². The Bertz CT molecular complexity index is 947. The Morgan fingerprint density at radius 3 is 2.12 bits per heavy atom. The monoisotopic (exact) mass is 464 g/mol. The zero-order valence-electron chi connectivity index (χ0n) is 17.8. The molecule has 0 unspecified atom stereocenters. The highest BCUT2D eigenvalue weighted by molar-refractivity contribution is 6.31. The van der Waals surface area contributed by atoms with Crippen molar-refractivity contribution in [2.24, 2.45) is 0 Å². The number of methoxy groups -OCH3 is 2. The molecule has 1 fully saturated rings. The van der Waals surface area contributed by atoms with Crippen LogP contribution in [0.1, 0.15) is 15.9 Å². The normalized spacial score (nSPS) is 13.5. The lowest BCUT2D eigenvalue weighted by atomic mass is 10.1. The molecular weight excluding hydrogens is 440 g/mol. The molecule has 0 atom stereocenters. The Morgan fingerprint density at radius 2 is 1.59 bits per heavy atom. The average Bonchev–Trinajstić information content (AvgIpc) is 2.79. The van der Waals surface area contributed by atoms with Gasteiger partial charge in [-0.2, -0.15) is 0 Å². The van der Waals surface area contributed by atoms with Gasteiger partial charge in [0.05, 0.1) is 14.2 Å². The summed E-state index contributed by atoms with van der Waals surface area (Å²) in [5.41, 5.74) is 1.72. The molecule has 0 aromatic heterocycles. The van der Waals surface area contributed by atoms with E-state index in [9.17, 15) is 4.79 Å². The molecule has 0 bridgehead atoms. The van der Waals surface area contributed by atoms with Crippen LogP contribution in [0.15, 0.2) is 42.5 Å². The topological polar surface area (TPSA) is 117 Å². The van der Waals surface area contributed by atoms with Gasteiger partial charge in [0.15, 0.2) is 0 Å². The second kappa shape index (κ2) is 11.9. The second-order valence-electron chi connectivity index (χ2n) is 6.87. The van der Waals surface area contributed by atoms with Gasteiger partial charge in [0.1, 0.15) is 11.5 Å². The smallest absolute Gasteiger partial charge is 0.414 e. The minimum absolute atomic E-state index is 0.0334. The van der Waals surface area contributed by atoms with Crippen molar-refractivity contribution in [3.05, 3.63) is 58.6 Å². The summed E-state index contributed by atoms with van der Waals surface area (Å²) in [6.45, 7) is 3.77. The highest BCUT2D eigenvalue weighted by Gasteiger charge is 2.23. The van der Waals surface area contributed by atoms with E-state index in [1.165, 1.54) is 0 Å². The number of benzene rings is 2. The van der Waals surface area contributed by atoms with Crippen molar-refractivity contribution in [3.63, 3.8) is 0 Å². The van der Waals surface area contributed by atoms with E-state index in [4.69, 9.17) is 40.9 Å². The maximum Gasteiger partial charge on any atom is 0.414 e. The van der Waals surface area contributed by atoms with Crippen molar-refractivity contribution < 1.29 is 34.1 Å². The number of piperazine rings is 1. The van der Waals surface area contributed by atoms with Crippen LogP contribution in [0.3, 0.4) is 0 Å². The standard InChI is InChI=1S/C20H23ClN2O3.C2H2O4/c1-25-18-6-7-19(26-2)16(13-18)14-22-8-10-23(11-9-22)20(24)15-4-3-5-17(21)12-15;3-1(4)2(5)6/h3-7,12-13H,8-11,14H2,1-2H3;(H,3,4)(H,5,6). The summed E-state index contributed by atoms with van der Waals surface area (Å²) in [5, 5.41) is 15.4. The van der Waals surface area contributed by atoms with Crippen LogP contribution >= 0.6 is 11.6 Å². The summed E-state index contributed by atoms with van der Waals surface area (Å²) in [5.74, 6) is -1.95. The van der Waals surface area contributed by atoms with Gasteiger partial charge >= 0.3 is 11.9 Å². The molecule has 1 heterocycles. The molecule has 10 heteroatoms.